The Labute approximate surface area is 143 Å². The molecule has 0 saturated heterocycles. The summed E-state index contributed by atoms with van der Waals surface area (Å²) in [5, 5.41) is -3.60. The number of nitrogens with zero attached hydrogens (tertiary/aromatic N) is 1. The Kier molecular flexibility index (Phi) is 3.87. The van der Waals surface area contributed by atoms with Gasteiger partial charge in [-0.2, -0.15) is 22.0 Å². The molecule has 0 bridgehead atoms. The predicted octanol–water partition coefficient (Wildman–Crippen LogP) is 4.95. The number of pyridine rings is 1. The van der Waals surface area contributed by atoms with Crippen LogP contribution in [-0.4, -0.2) is 14.9 Å². The molecule has 0 saturated carbocycles. The van der Waals surface area contributed by atoms with Crippen LogP contribution >= 0.6 is 11.6 Å². The van der Waals surface area contributed by atoms with Crippen molar-refractivity contribution in [2.75, 3.05) is 0 Å². The Bertz CT molecular complexity index is 1040. The summed E-state index contributed by atoms with van der Waals surface area (Å²) in [4.78, 5) is 13.9. The molecule has 9 heteroatoms. The van der Waals surface area contributed by atoms with Crippen molar-refractivity contribution in [1.82, 2.24) is 9.55 Å². The highest BCUT2D eigenvalue weighted by molar-refractivity contribution is 6.21. The van der Waals surface area contributed by atoms with E-state index in [1.807, 2.05) is 0 Å². The standard InChI is InChI=1S/C16H12ClF5N2O/c1-7-8(2)24(6-15(17,18)19)11-4-3-10-14(13(7)11)9(16(20,21)22)5-12(25)23-10/h3-5H,6H2,1-2H3,(H,23,25). The molecule has 0 spiro atoms. The van der Waals surface area contributed by atoms with Gasteiger partial charge in [-0.05, 0) is 43.1 Å². The van der Waals surface area contributed by atoms with Gasteiger partial charge in [-0.15, -0.1) is 0 Å². The van der Waals surface area contributed by atoms with E-state index in [1.165, 1.54) is 23.6 Å². The van der Waals surface area contributed by atoms with Gasteiger partial charge < -0.3 is 9.55 Å². The van der Waals surface area contributed by atoms with Crippen LogP contribution in [0.3, 0.4) is 0 Å². The normalized spacial score (nSPS) is 13.1. The van der Waals surface area contributed by atoms with Crippen molar-refractivity contribution in [3.63, 3.8) is 0 Å². The summed E-state index contributed by atoms with van der Waals surface area (Å²) in [6.07, 6.45) is -4.76. The second-order valence-electron chi connectivity index (χ2n) is 5.84. The number of benzene rings is 1. The molecule has 2 aromatic heterocycles. The van der Waals surface area contributed by atoms with E-state index in [1.54, 1.807) is 6.92 Å². The van der Waals surface area contributed by atoms with Crippen molar-refractivity contribution >= 4 is 33.4 Å². The molecule has 3 aromatic rings. The molecule has 3 rings (SSSR count). The van der Waals surface area contributed by atoms with Gasteiger partial charge in [-0.1, -0.05) is 0 Å². The first-order valence-electron chi connectivity index (χ1n) is 7.19. The van der Waals surface area contributed by atoms with E-state index in [2.05, 4.69) is 4.98 Å². The number of aromatic amines is 1. The molecule has 25 heavy (non-hydrogen) atoms. The van der Waals surface area contributed by atoms with Crippen molar-refractivity contribution in [3.8, 4) is 0 Å². The van der Waals surface area contributed by atoms with Crippen molar-refractivity contribution in [1.29, 1.82) is 0 Å². The molecule has 0 amide bonds. The van der Waals surface area contributed by atoms with Crippen LogP contribution in [0.4, 0.5) is 22.0 Å². The number of aromatic nitrogens is 2. The highest BCUT2D eigenvalue weighted by atomic mass is 35.5. The number of hydrogen-bond acceptors (Lipinski definition) is 1. The number of hydrogen-bond donors (Lipinski definition) is 1. The molecule has 0 radical (unpaired) electrons. The molecule has 0 atom stereocenters. The molecule has 1 aromatic carbocycles. The van der Waals surface area contributed by atoms with Crippen LogP contribution in [0.1, 0.15) is 16.8 Å². The highest BCUT2D eigenvalue weighted by Crippen LogP contribution is 2.40. The van der Waals surface area contributed by atoms with Crippen LogP contribution in [0.2, 0.25) is 0 Å². The molecular formula is C16H12ClF5N2O. The predicted molar refractivity (Wildman–Crippen MR) is 85.3 cm³/mol. The van der Waals surface area contributed by atoms with E-state index in [9.17, 15) is 26.7 Å². The largest absolute Gasteiger partial charge is 0.417 e. The molecular weight excluding hydrogens is 367 g/mol. The van der Waals surface area contributed by atoms with Crippen molar-refractivity contribution < 1.29 is 22.0 Å². The summed E-state index contributed by atoms with van der Waals surface area (Å²) in [7, 11) is 0. The molecule has 0 unspecified atom stereocenters. The van der Waals surface area contributed by atoms with Gasteiger partial charge in [0.15, 0.2) is 0 Å². The first-order chi connectivity index (χ1) is 11.4. The van der Waals surface area contributed by atoms with Crippen molar-refractivity contribution in [3.05, 3.63) is 45.4 Å². The number of alkyl halides is 6. The van der Waals surface area contributed by atoms with E-state index in [0.717, 1.165) is 0 Å². The van der Waals surface area contributed by atoms with Crippen LogP contribution in [0.15, 0.2) is 23.0 Å². The minimum Gasteiger partial charge on any atom is -0.337 e. The molecule has 0 aliphatic rings. The molecule has 3 nitrogen and oxygen atoms in total. The Morgan fingerprint density at radius 1 is 1.12 bits per heavy atom. The first-order valence-corrected chi connectivity index (χ1v) is 7.57. The lowest BCUT2D eigenvalue weighted by Crippen LogP contribution is -2.17. The van der Waals surface area contributed by atoms with Gasteiger partial charge in [0.25, 0.3) is 0 Å². The first kappa shape index (κ1) is 17.7. The van der Waals surface area contributed by atoms with Crippen LogP contribution in [0.25, 0.3) is 21.8 Å². The van der Waals surface area contributed by atoms with Gasteiger partial charge in [-0.3, -0.25) is 4.79 Å². The zero-order valence-electron chi connectivity index (χ0n) is 13.1. The number of H-pyrrole nitrogens is 1. The van der Waals surface area contributed by atoms with E-state index < -0.39 is 29.2 Å². The Morgan fingerprint density at radius 2 is 1.76 bits per heavy atom. The number of nitrogens with one attached hydrogen (secondary N) is 1. The van der Waals surface area contributed by atoms with Gasteiger partial charge in [0.2, 0.25) is 5.56 Å². The fourth-order valence-corrected chi connectivity index (χ4v) is 3.24. The Balaban J connectivity index is 2.52. The number of halogens is 6. The monoisotopic (exact) mass is 378 g/mol. The van der Waals surface area contributed by atoms with Gasteiger partial charge in [0.05, 0.1) is 5.56 Å². The van der Waals surface area contributed by atoms with Gasteiger partial charge in [-0.25, -0.2) is 0 Å². The maximum Gasteiger partial charge on any atom is 0.417 e. The van der Waals surface area contributed by atoms with Crippen LogP contribution in [0, 0.1) is 13.8 Å². The quantitative estimate of drug-likeness (QED) is 0.497. The minimum atomic E-state index is -4.76. The van der Waals surface area contributed by atoms with Crippen LogP contribution in [0.5, 0.6) is 0 Å². The Morgan fingerprint density at radius 3 is 2.32 bits per heavy atom. The van der Waals surface area contributed by atoms with Gasteiger partial charge in [0.1, 0.15) is 6.54 Å². The molecule has 1 N–H and O–H groups in total. The zero-order valence-corrected chi connectivity index (χ0v) is 13.8. The van der Waals surface area contributed by atoms with Crippen molar-refractivity contribution in [2.45, 2.75) is 32.0 Å². The third-order valence-corrected chi connectivity index (χ3v) is 4.36. The van der Waals surface area contributed by atoms with Crippen LogP contribution in [-0.2, 0) is 12.7 Å². The van der Waals surface area contributed by atoms with E-state index in [0.29, 0.717) is 17.3 Å². The fourth-order valence-electron chi connectivity index (χ4n) is 3.12. The molecule has 0 fully saturated rings. The lowest BCUT2D eigenvalue weighted by Gasteiger charge is -2.14. The maximum absolute atomic E-state index is 13.4. The van der Waals surface area contributed by atoms with E-state index in [4.69, 9.17) is 11.6 Å². The third kappa shape index (κ3) is 2.99. The summed E-state index contributed by atoms with van der Waals surface area (Å²) in [5.41, 5.74) is -1.01. The lowest BCUT2D eigenvalue weighted by molar-refractivity contribution is -0.136. The average Bonchev–Trinajstić information content (AvgIpc) is 2.69. The highest BCUT2D eigenvalue weighted by Gasteiger charge is 2.35. The van der Waals surface area contributed by atoms with E-state index >= 15 is 0 Å². The summed E-state index contributed by atoms with van der Waals surface area (Å²) in [6.45, 7) is 2.20. The second kappa shape index (κ2) is 5.45. The minimum absolute atomic E-state index is 0.00907. The Hall–Kier alpha value is -2.09. The van der Waals surface area contributed by atoms with Gasteiger partial charge >= 0.3 is 11.6 Å². The van der Waals surface area contributed by atoms with Crippen molar-refractivity contribution in [2.24, 2.45) is 0 Å². The van der Waals surface area contributed by atoms with E-state index in [-0.39, 0.29) is 21.8 Å². The maximum atomic E-state index is 13.4. The summed E-state index contributed by atoms with van der Waals surface area (Å²) in [5.74, 6) is 0. The molecule has 0 aliphatic heterocycles. The summed E-state index contributed by atoms with van der Waals surface area (Å²) >= 11 is 5.01. The van der Waals surface area contributed by atoms with Crippen LogP contribution < -0.4 is 5.56 Å². The molecule has 0 aliphatic carbocycles. The number of rotatable bonds is 2. The number of aryl methyl sites for hydroxylation is 1. The van der Waals surface area contributed by atoms with Gasteiger partial charge in [0, 0.05) is 33.6 Å². The second-order valence-corrected chi connectivity index (χ2v) is 6.39. The lowest BCUT2D eigenvalue weighted by atomic mass is 10.0. The fraction of sp³-hybridized carbons (Fsp3) is 0.312. The molecule has 2 heterocycles. The summed E-state index contributed by atoms with van der Waals surface area (Å²) in [6, 6.07) is 3.15. The number of fused-ring (bicyclic) bond motifs is 3. The smallest absolute Gasteiger partial charge is 0.337 e. The zero-order chi connectivity index (χ0) is 18.7. The molecule has 134 valence electrons. The summed E-state index contributed by atoms with van der Waals surface area (Å²) < 4.78 is 68.0. The topological polar surface area (TPSA) is 37.8 Å². The SMILES string of the molecule is Cc1c(C)n(CC(F)(F)Cl)c2ccc3[nH]c(=O)cc(C(F)(F)F)c3c12. The third-order valence-electron chi connectivity index (χ3n) is 4.24. The average molecular weight is 379 g/mol.